The number of hydrogen-bond acceptors (Lipinski definition) is 10. The van der Waals surface area contributed by atoms with Crippen molar-refractivity contribution in [3.05, 3.63) is 0 Å². The molecular weight excluding hydrogens is 536 g/mol. The first-order valence-corrected chi connectivity index (χ1v) is 13.3. The van der Waals surface area contributed by atoms with Crippen LogP contribution < -0.4 is 20.7 Å². The minimum atomic E-state index is -1.37. The van der Waals surface area contributed by atoms with Crippen LogP contribution in [-0.2, 0) is 38.2 Å². The molecule has 0 aliphatic heterocycles. The molecule has 0 spiro atoms. The SMILES string of the molecule is CCCOCCOCC(=O)N[C@@H](CCC(=O)N[C@@H](CCC(=O)NCCCC[C@H](NS)C(C)=O)C(=O)O)C(=O)O. The molecule has 0 heterocycles. The average molecular weight is 579 g/mol. The summed E-state index contributed by atoms with van der Waals surface area (Å²) in [6.07, 6.45) is 1.75. The van der Waals surface area contributed by atoms with E-state index >= 15 is 0 Å². The lowest BCUT2D eigenvalue weighted by molar-refractivity contribution is -0.144. The molecule has 6 N–H and O–H groups in total. The molecule has 0 unspecified atom stereocenters. The summed E-state index contributed by atoms with van der Waals surface area (Å²) in [5.41, 5.74) is 0. The number of rotatable bonds is 24. The van der Waals surface area contributed by atoms with Gasteiger partial charge in [0, 0.05) is 26.0 Å². The highest BCUT2D eigenvalue weighted by molar-refractivity contribution is 7.78. The van der Waals surface area contributed by atoms with Gasteiger partial charge in [-0.2, -0.15) is 0 Å². The lowest BCUT2D eigenvalue weighted by Crippen LogP contribution is -2.45. The van der Waals surface area contributed by atoms with Crippen LogP contribution in [0, 0.1) is 0 Å². The summed E-state index contributed by atoms with van der Waals surface area (Å²) in [7, 11) is 0. The van der Waals surface area contributed by atoms with Crippen LogP contribution in [0.25, 0.3) is 0 Å². The van der Waals surface area contributed by atoms with Gasteiger partial charge in [0.25, 0.3) is 0 Å². The highest BCUT2D eigenvalue weighted by atomic mass is 32.1. The third-order valence-electron chi connectivity index (χ3n) is 5.43. The predicted molar refractivity (Wildman–Crippen MR) is 143 cm³/mol. The quantitative estimate of drug-likeness (QED) is 0.0589. The van der Waals surface area contributed by atoms with E-state index < -0.39 is 41.7 Å². The van der Waals surface area contributed by atoms with Crippen LogP contribution in [0.2, 0.25) is 0 Å². The second-order valence-electron chi connectivity index (χ2n) is 8.80. The van der Waals surface area contributed by atoms with E-state index in [0.717, 1.165) is 6.42 Å². The van der Waals surface area contributed by atoms with E-state index in [1.807, 2.05) is 6.92 Å². The molecule has 0 rings (SSSR count). The van der Waals surface area contributed by atoms with Gasteiger partial charge < -0.3 is 35.6 Å². The molecule has 3 atom stereocenters. The topological polar surface area (TPSA) is 209 Å². The second kappa shape index (κ2) is 22.1. The third kappa shape index (κ3) is 19.0. The average Bonchev–Trinajstić information content (AvgIpc) is 2.87. The molecule has 224 valence electrons. The molecule has 0 fully saturated rings. The molecule has 3 amide bonds. The number of carbonyl (C=O) groups is 6. The van der Waals surface area contributed by atoms with Crippen LogP contribution in [0.3, 0.4) is 0 Å². The Morgan fingerprint density at radius 3 is 1.85 bits per heavy atom. The molecule has 15 heteroatoms. The van der Waals surface area contributed by atoms with E-state index in [0.29, 0.717) is 39.0 Å². The molecule has 0 aliphatic rings. The highest BCUT2D eigenvalue weighted by Gasteiger charge is 2.24. The summed E-state index contributed by atoms with van der Waals surface area (Å²) in [5.74, 6) is -4.52. The van der Waals surface area contributed by atoms with Gasteiger partial charge in [-0.1, -0.05) is 19.7 Å². The van der Waals surface area contributed by atoms with Crippen LogP contribution >= 0.6 is 12.8 Å². The molecule has 0 saturated carbocycles. The summed E-state index contributed by atoms with van der Waals surface area (Å²) in [5, 5.41) is 25.9. The lowest BCUT2D eigenvalue weighted by atomic mass is 10.1. The van der Waals surface area contributed by atoms with E-state index in [1.54, 1.807) is 0 Å². The van der Waals surface area contributed by atoms with E-state index in [1.165, 1.54) is 6.92 Å². The zero-order valence-corrected chi connectivity index (χ0v) is 23.4. The van der Waals surface area contributed by atoms with Crippen molar-refractivity contribution in [1.82, 2.24) is 20.7 Å². The number of ketones is 1. The van der Waals surface area contributed by atoms with Crippen molar-refractivity contribution in [3.63, 3.8) is 0 Å². The Hall–Kier alpha value is -2.75. The van der Waals surface area contributed by atoms with Crippen molar-refractivity contribution in [3.8, 4) is 0 Å². The number of amides is 3. The molecule has 14 nitrogen and oxygen atoms in total. The van der Waals surface area contributed by atoms with Crippen molar-refractivity contribution in [1.29, 1.82) is 0 Å². The normalized spacial score (nSPS) is 13.1. The van der Waals surface area contributed by atoms with Crippen molar-refractivity contribution in [2.24, 2.45) is 0 Å². The molecule has 0 saturated heterocycles. The Morgan fingerprint density at radius 2 is 1.31 bits per heavy atom. The zero-order chi connectivity index (χ0) is 29.6. The first-order valence-electron chi connectivity index (χ1n) is 12.9. The smallest absolute Gasteiger partial charge is 0.326 e. The molecule has 0 aromatic rings. The molecule has 0 aromatic carbocycles. The van der Waals surface area contributed by atoms with E-state index in [9.17, 15) is 39.0 Å². The first-order chi connectivity index (χ1) is 18.5. The molecular formula is C24H42N4O10S. The molecule has 0 bridgehead atoms. The Balaban J connectivity index is 4.38. The summed E-state index contributed by atoms with van der Waals surface area (Å²) in [6.45, 7) is 4.41. The number of Topliss-reactive ketones (excluding diaryl/α,β-unsaturated/α-hetero) is 1. The summed E-state index contributed by atoms with van der Waals surface area (Å²) in [6, 6.07) is -3.07. The van der Waals surface area contributed by atoms with Gasteiger partial charge in [0.05, 0.1) is 19.3 Å². The summed E-state index contributed by atoms with van der Waals surface area (Å²) < 4.78 is 12.9. The maximum absolute atomic E-state index is 12.2. The Morgan fingerprint density at radius 1 is 0.744 bits per heavy atom. The molecule has 0 aliphatic carbocycles. The second-order valence-corrected chi connectivity index (χ2v) is 9.06. The number of carboxylic acids is 2. The number of thiol groups is 1. The lowest BCUT2D eigenvalue weighted by Gasteiger charge is -2.17. The molecule has 39 heavy (non-hydrogen) atoms. The summed E-state index contributed by atoms with van der Waals surface area (Å²) in [4.78, 5) is 70.5. The molecule has 0 aromatic heterocycles. The summed E-state index contributed by atoms with van der Waals surface area (Å²) >= 11 is 3.90. The van der Waals surface area contributed by atoms with Gasteiger partial charge in [0.2, 0.25) is 17.7 Å². The van der Waals surface area contributed by atoms with Crippen LogP contribution in [0.5, 0.6) is 0 Å². The third-order valence-corrected chi connectivity index (χ3v) is 5.74. The zero-order valence-electron chi connectivity index (χ0n) is 22.5. The number of unbranched alkanes of at least 4 members (excludes halogenated alkanes) is 1. The predicted octanol–water partition coefficient (Wildman–Crippen LogP) is -0.193. The highest BCUT2D eigenvalue weighted by Crippen LogP contribution is 2.05. The minimum absolute atomic E-state index is 0.0342. The standard InChI is InChI=1S/C24H42N4O10S/c1-3-12-37-13-14-38-15-22(32)27-19(24(35)36)8-10-21(31)26-18(23(33)34)7-9-20(30)25-11-5-4-6-17(28-39)16(2)29/h17-19,28,39H,3-15H2,1-2H3,(H,25,30)(H,26,31)(H,27,32)(H,33,34)(H,35,36)/t17-,18-,19-/m0/s1. The molecule has 0 radical (unpaired) electrons. The first kappa shape index (κ1) is 36.2. The van der Waals surface area contributed by atoms with Crippen molar-refractivity contribution < 1.29 is 48.5 Å². The van der Waals surface area contributed by atoms with Crippen LogP contribution in [0.1, 0.15) is 65.2 Å². The largest absolute Gasteiger partial charge is 0.480 e. The van der Waals surface area contributed by atoms with Gasteiger partial charge in [0.15, 0.2) is 0 Å². The van der Waals surface area contributed by atoms with Gasteiger partial charge >= 0.3 is 11.9 Å². The van der Waals surface area contributed by atoms with E-state index in [-0.39, 0.29) is 50.7 Å². The van der Waals surface area contributed by atoms with E-state index in [4.69, 9.17) is 9.47 Å². The Bertz CT molecular complexity index is 799. The number of carbonyl (C=O) groups excluding carboxylic acids is 4. The maximum atomic E-state index is 12.2. The Kier molecular flexibility index (Phi) is 20.5. The number of ether oxygens (including phenoxy) is 2. The fourth-order valence-electron chi connectivity index (χ4n) is 3.25. The number of carboxylic acid groups (broad SMARTS) is 2. The van der Waals surface area contributed by atoms with Crippen molar-refractivity contribution >= 4 is 48.3 Å². The van der Waals surface area contributed by atoms with Gasteiger partial charge in [-0.25, -0.2) is 9.59 Å². The number of nitrogens with one attached hydrogen (secondary N) is 4. The van der Waals surface area contributed by atoms with Crippen LogP contribution in [-0.4, -0.2) is 96.8 Å². The fourth-order valence-corrected chi connectivity index (χ4v) is 3.56. The van der Waals surface area contributed by atoms with Gasteiger partial charge in [-0.3, -0.25) is 23.9 Å². The Labute approximate surface area is 233 Å². The fraction of sp³-hybridized carbons (Fsp3) is 0.750. The number of hydrogen-bond donors (Lipinski definition) is 7. The van der Waals surface area contributed by atoms with Crippen LogP contribution in [0.15, 0.2) is 0 Å². The van der Waals surface area contributed by atoms with Gasteiger partial charge in [-0.15, -0.1) is 0 Å². The van der Waals surface area contributed by atoms with Crippen LogP contribution in [0.4, 0.5) is 0 Å². The van der Waals surface area contributed by atoms with Crippen molar-refractivity contribution in [2.75, 3.05) is 33.0 Å². The van der Waals surface area contributed by atoms with E-state index in [2.05, 4.69) is 33.5 Å². The van der Waals surface area contributed by atoms with Crippen molar-refractivity contribution in [2.45, 2.75) is 83.3 Å². The van der Waals surface area contributed by atoms with Gasteiger partial charge in [0.1, 0.15) is 24.5 Å². The number of aliphatic carboxylic acids is 2. The minimum Gasteiger partial charge on any atom is -0.480 e. The maximum Gasteiger partial charge on any atom is 0.326 e. The van der Waals surface area contributed by atoms with Gasteiger partial charge in [-0.05, 0) is 45.4 Å². The monoisotopic (exact) mass is 578 g/mol.